The number of anilines is 1. The number of hydrogen-bond acceptors (Lipinski definition) is 2. The molecule has 0 heterocycles. The van der Waals surface area contributed by atoms with Crippen molar-refractivity contribution in [2.24, 2.45) is 11.7 Å². The fourth-order valence-corrected chi connectivity index (χ4v) is 1.42. The zero-order valence-electron chi connectivity index (χ0n) is 9.09. The van der Waals surface area contributed by atoms with E-state index < -0.39 is 0 Å². The third-order valence-corrected chi connectivity index (χ3v) is 2.64. The smallest absolute Gasteiger partial charge is 0.0369 e. The Labute approximate surface area is 86.5 Å². The monoisotopic (exact) mass is 192 g/mol. The van der Waals surface area contributed by atoms with Crippen LogP contribution in [0.4, 0.5) is 5.69 Å². The highest BCUT2D eigenvalue weighted by molar-refractivity contribution is 5.50. The van der Waals surface area contributed by atoms with Gasteiger partial charge in [0.05, 0.1) is 0 Å². The van der Waals surface area contributed by atoms with Crippen molar-refractivity contribution in [3.63, 3.8) is 0 Å². The van der Waals surface area contributed by atoms with Crippen molar-refractivity contribution in [2.75, 3.05) is 18.4 Å². The molecule has 14 heavy (non-hydrogen) atoms. The van der Waals surface area contributed by atoms with Crippen molar-refractivity contribution in [1.29, 1.82) is 0 Å². The second-order valence-corrected chi connectivity index (χ2v) is 3.71. The minimum atomic E-state index is 0.578. The van der Waals surface area contributed by atoms with Gasteiger partial charge in [-0.2, -0.15) is 0 Å². The molecule has 0 radical (unpaired) electrons. The summed E-state index contributed by atoms with van der Waals surface area (Å²) in [6.07, 6.45) is 1.13. The Bertz CT molecular complexity index is 267. The summed E-state index contributed by atoms with van der Waals surface area (Å²) in [6, 6.07) is 8.34. The highest BCUT2D eigenvalue weighted by Gasteiger charge is 2.03. The van der Waals surface area contributed by atoms with Gasteiger partial charge in [0.1, 0.15) is 0 Å². The largest absolute Gasteiger partial charge is 0.385 e. The standard InChI is InChI=1S/C12H20N2/c1-3-11(8-13)9-14-12-7-5-4-6-10(12)2/h4-7,11,14H,3,8-9,13H2,1-2H3. The zero-order chi connectivity index (χ0) is 10.4. The molecule has 1 unspecified atom stereocenters. The van der Waals surface area contributed by atoms with Crippen molar-refractivity contribution in [3.8, 4) is 0 Å². The molecule has 2 heteroatoms. The predicted octanol–water partition coefficient (Wildman–Crippen LogP) is 2.39. The lowest BCUT2D eigenvalue weighted by molar-refractivity contribution is 0.548. The second kappa shape index (κ2) is 5.66. The normalized spacial score (nSPS) is 12.5. The lowest BCUT2D eigenvalue weighted by atomic mass is 10.1. The third kappa shape index (κ3) is 3.04. The number of rotatable bonds is 5. The van der Waals surface area contributed by atoms with E-state index >= 15 is 0 Å². The molecule has 1 aromatic rings. The molecule has 0 bridgehead atoms. The summed E-state index contributed by atoms with van der Waals surface area (Å²) < 4.78 is 0. The first kappa shape index (κ1) is 11.1. The van der Waals surface area contributed by atoms with Crippen LogP contribution in [0.25, 0.3) is 0 Å². The third-order valence-electron chi connectivity index (χ3n) is 2.64. The van der Waals surface area contributed by atoms with Crippen molar-refractivity contribution in [1.82, 2.24) is 0 Å². The van der Waals surface area contributed by atoms with Crippen LogP contribution >= 0.6 is 0 Å². The number of nitrogens with one attached hydrogen (secondary N) is 1. The van der Waals surface area contributed by atoms with Crippen LogP contribution in [-0.4, -0.2) is 13.1 Å². The molecular formula is C12H20N2. The van der Waals surface area contributed by atoms with Crippen molar-refractivity contribution >= 4 is 5.69 Å². The quantitative estimate of drug-likeness (QED) is 0.751. The van der Waals surface area contributed by atoms with Gasteiger partial charge < -0.3 is 11.1 Å². The summed E-state index contributed by atoms with van der Waals surface area (Å²) in [5, 5.41) is 3.43. The summed E-state index contributed by atoms with van der Waals surface area (Å²) in [5.74, 6) is 0.578. The lowest BCUT2D eigenvalue weighted by Crippen LogP contribution is -2.22. The molecule has 0 aliphatic heterocycles. The first-order chi connectivity index (χ1) is 6.77. The van der Waals surface area contributed by atoms with E-state index in [9.17, 15) is 0 Å². The summed E-state index contributed by atoms with van der Waals surface area (Å²) >= 11 is 0. The van der Waals surface area contributed by atoms with Crippen LogP contribution in [0.5, 0.6) is 0 Å². The second-order valence-electron chi connectivity index (χ2n) is 3.71. The van der Waals surface area contributed by atoms with Crippen molar-refractivity contribution < 1.29 is 0 Å². The highest BCUT2D eigenvalue weighted by atomic mass is 14.9. The van der Waals surface area contributed by atoms with E-state index in [1.54, 1.807) is 0 Å². The average Bonchev–Trinajstić information content (AvgIpc) is 2.22. The van der Waals surface area contributed by atoms with E-state index in [1.807, 2.05) is 0 Å². The van der Waals surface area contributed by atoms with Gasteiger partial charge in [-0.15, -0.1) is 0 Å². The Morgan fingerprint density at radius 1 is 1.36 bits per heavy atom. The van der Waals surface area contributed by atoms with Crippen LogP contribution in [0.2, 0.25) is 0 Å². The molecular weight excluding hydrogens is 172 g/mol. The number of aryl methyl sites for hydroxylation is 1. The van der Waals surface area contributed by atoms with Crippen LogP contribution in [-0.2, 0) is 0 Å². The maximum atomic E-state index is 5.65. The van der Waals surface area contributed by atoms with Gasteiger partial charge in [-0.1, -0.05) is 31.5 Å². The Morgan fingerprint density at radius 2 is 2.07 bits per heavy atom. The van der Waals surface area contributed by atoms with E-state index in [4.69, 9.17) is 5.73 Å². The highest BCUT2D eigenvalue weighted by Crippen LogP contribution is 2.13. The van der Waals surface area contributed by atoms with Crippen LogP contribution in [0, 0.1) is 12.8 Å². The van der Waals surface area contributed by atoms with Gasteiger partial charge >= 0.3 is 0 Å². The molecule has 2 nitrogen and oxygen atoms in total. The lowest BCUT2D eigenvalue weighted by Gasteiger charge is -2.15. The first-order valence-electron chi connectivity index (χ1n) is 5.27. The molecule has 1 aromatic carbocycles. The molecule has 0 saturated carbocycles. The minimum Gasteiger partial charge on any atom is -0.385 e. The molecule has 3 N–H and O–H groups in total. The molecule has 1 atom stereocenters. The fourth-order valence-electron chi connectivity index (χ4n) is 1.42. The molecule has 0 amide bonds. The number of nitrogens with two attached hydrogens (primary N) is 1. The molecule has 0 saturated heterocycles. The average molecular weight is 192 g/mol. The molecule has 0 aliphatic rings. The summed E-state index contributed by atoms with van der Waals surface area (Å²) in [7, 11) is 0. The maximum Gasteiger partial charge on any atom is 0.0369 e. The van der Waals surface area contributed by atoms with Crippen molar-refractivity contribution in [3.05, 3.63) is 29.8 Å². The Morgan fingerprint density at radius 3 is 2.64 bits per heavy atom. The Kier molecular flexibility index (Phi) is 4.47. The summed E-state index contributed by atoms with van der Waals surface area (Å²) in [4.78, 5) is 0. The predicted molar refractivity (Wildman–Crippen MR) is 62.5 cm³/mol. The van der Waals surface area contributed by atoms with E-state index in [2.05, 4.69) is 43.4 Å². The van der Waals surface area contributed by atoms with Crippen LogP contribution in [0.1, 0.15) is 18.9 Å². The minimum absolute atomic E-state index is 0.578. The number of hydrogen-bond donors (Lipinski definition) is 2. The summed E-state index contributed by atoms with van der Waals surface area (Å²) in [5.41, 5.74) is 8.16. The van der Waals surface area contributed by atoms with Crippen LogP contribution in [0.15, 0.2) is 24.3 Å². The van der Waals surface area contributed by atoms with Gasteiger partial charge in [0, 0.05) is 12.2 Å². The molecule has 0 spiro atoms. The number of para-hydroxylation sites is 1. The Hall–Kier alpha value is -1.02. The van der Waals surface area contributed by atoms with Gasteiger partial charge in [-0.05, 0) is 31.0 Å². The zero-order valence-corrected chi connectivity index (χ0v) is 9.09. The SMILES string of the molecule is CCC(CN)CNc1ccccc1C. The maximum absolute atomic E-state index is 5.65. The number of benzene rings is 1. The van der Waals surface area contributed by atoms with Gasteiger partial charge in [-0.3, -0.25) is 0 Å². The van der Waals surface area contributed by atoms with E-state index in [0.717, 1.165) is 19.5 Å². The van der Waals surface area contributed by atoms with E-state index in [1.165, 1.54) is 11.3 Å². The van der Waals surface area contributed by atoms with Crippen LogP contribution < -0.4 is 11.1 Å². The molecule has 0 aliphatic carbocycles. The van der Waals surface area contributed by atoms with Gasteiger partial charge in [0.15, 0.2) is 0 Å². The fraction of sp³-hybridized carbons (Fsp3) is 0.500. The van der Waals surface area contributed by atoms with Gasteiger partial charge in [0.25, 0.3) is 0 Å². The molecule has 0 fully saturated rings. The van der Waals surface area contributed by atoms with E-state index in [0.29, 0.717) is 5.92 Å². The summed E-state index contributed by atoms with van der Waals surface area (Å²) in [6.45, 7) is 6.02. The molecule has 0 aromatic heterocycles. The van der Waals surface area contributed by atoms with Crippen molar-refractivity contribution in [2.45, 2.75) is 20.3 Å². The van der Waals surface area contributed by atoms with Gasteiger partial charge in [0.2, 0.25) is 0 Å². The molecule has 1 rings (SSSR count). The van der Waals surface area contributed by atoms with E-state index in [-0.39, 0.29) is 0 Å². The van der Waals surface area contributed by atoms with Gasteiger partial charge in [-0.25, -0.2) is 0 Å². The Balaban J connectivity index is 2.49. The molecule has 78 valence electrons. The van der Waals surface area contributed by atoms with Crippen LogP contribution in [0.3, 0.4) is 0 Å². The first-order valence-corrected chi connectivity index (χ1v) is 5.27. The topological polar surface area (TPSA) is 38.0 Å².